The molecule has 0 aromatic carbocycles. The summed E-state index contributed by atoms with van der Waals surface area (Å²) in [4.78, 5) is 32.7. The summed E-state index contributed by atoms with van der Waals surface area (Å²) in [6.07, 6.45) is -5.98. The summed E-state index contributed by atoms with van der Waals surface area (Å²) < 4.78 is 50.3. The number of hydrogen-bond acceptors (Lipinski definition) is 6. The highest BCUT2D eigenvalue weighted by molar-refractivity contribution is 6.65. The molecule has 0 fully saturated rings. The fraction of sp³-hybridized carbons (Fsp3) is 0.667. The first kappa shape index (κ1) is 17.4. The Hall–Kier alpha value is -1.58. The van der Waals surface area contributed by atoms with Gasteiger partial charge in [-0.2, -0.15) is 13.2 Å². The Balaban J connectivity index is 5.15. The second-order valence-electron chi connectivity index (χ2n) is 3.58. The van der Waals surface area contributed by atoms with Crippen molar-refractivity contribution in [1.82, 2.24) is 0 Å². The maximum Gasteiger partial charge on any atom is 0.705 e. The number of hydrogen-bond donors (Lipinski definition) is 0. The smallest absolute Gasteiger partial charge is 0.455 e. The van der Waals surface area contributed by atoms with E-state index in [1.807, 2.05) is 0 Å². The summed E-state index contributed by atoms with van der Waals surface area (Å²) in [5, 5.41) is 0. The van der Waals surface area contributed by atoms with Crippen molar-refractivity contribution in [1.29, 1.82) is 0 Å². The van der Waals surface area contributed by atoms with Gasteiger partial charge < -0.3 is 13.3 Å². The summed E-state index contributed by atoms with van der Waals surface area (Å²) in [7, 11) is -4.36. The van der Waals surface area contributed by atoms with Gasteiger partial charge in [0.15, 0.2) is 0 Å². The van der Waals surface area contributed by atoms with Gasteiger partial charge in [-0.3, -0.25) is 14.4 Å². The Bertz CT molecular complexity index is 327. The average Bonchev–Trinajstić information content (AvgIpc) is 2.09. The van der Waals surface area contributed by atoms with Crippen molar-refractivity contribution in [2.75, 3.05) is 0 Å². The van der Waals surface area contributed by atoms with Crippen molar-refractivity contribution in [3.8, 4) is 0 Å². The summed E-state index contributed by atoms with van der Waals surface area (Å²) in [6, 6.07) is -0.908. The molecule has 0 radical (unpaired) electrons. The van der Waals surface area contributed by atoms with Gasteiger partial charge in [0, 0.05) is 20.8 Å². The topological polar surface area (TPSA) is 78.9 Å². The van der Waals surface area contributed by atoms with Gasteiger partial charge in [-0.15, -0.1) is 0 Å². The second-order valence-corrected chi connectivity index (χ2v) is 6.06. The van der Waals surface area contributed by atoms with Gasteiger partial charge in [-0.25, -0.2) is 0 Å². The molecule has 10 heteroatoms. The van der Waals surface area contributed by atoms with Crippen LogP contribution in [-0.2, 0) is 27.7 Å². The minimum atomic E-state index is -4.57. The zero-order valence-electron chi connectivity index (χ0n) is 10.5. The number of rotatable bonds is 5. The maximum absolute atomic E-state index is 12.2. The Morgan fingerprint density at radius 1 is 0.895 bits per heavy atom. The van der Waals surface area contributed by atoms with E-state index >= 15 is 0 Å². The lowest BCUT2D eigenvalue weighted by Crippen LogP contribution is -2.49. The minimum absolute atomic E-state index is 0.905. The van der Waals surface area contributed by atoms with E-state index in [4.69, 9.17) is 0 Å². The van der Waals surface area contributed by atoms with Crippen LogP contribution >= 0.6 is 0 Å². The minimum Gasteiger partial charge on any atom is -0.455 e. The molecule has 0 heterocycles. The molecule has 110 valence electrons. The molecule has 0 aliphatic carbocycles. The number of carbonyl (C=O) groups excluding carboxylic acids is 3. The van der Waals surface area contributed by atoms with E-state index in [0.29, 0.717) is 0 Å². The van der Waals surface area contributed by atoms with E-state index in [0.717, 1.165) is 20.8 Å². The molecule has 0 N–H and O–H groups in total. The van der Waals surface area contributed by atoms with Gasteiger partial charge in [-0.05, 0) is 0 Å². The first-order valence-electron chi connectivity index (χ1n) is 5.11. The number of alkyl halides is 3. The molecule has 0 rings (SSSR count). The Morgan fingerprint density at radius 2 is 1.21 bits per heavy atom. The lowest BCUT2D eigenvalue weighted by Gasteiger charge is -2.26. The molecule has 0 bridgehead atoms. The van der Waals surface area contributed by atoms with E-state index in [2.05, 4.69) is 13.3 Å². The van der Waals surface area contributed by atoms with Crippen LogP contribution in [0.4, 0.5) is 13.2 Å². The lowest BCUT2D eigenvalue weighted by atomic mass is 10.5. The largest absolute Gasteiger partial charge is 0.705 e. The van der Waals surface area contributed by atoms with Crippen molar-refractivity contribution < 1.29 is 40.8 Å². The van der Waals surface area contributed by atoms with Crippen LogP contribution < -0.4 is 0 Å². The van der Waals surface area contributed by atoms with Crippen LogP contribution in [0.5, 0.6) is 0 Å². The van der Waals surface area contributed by atoms with Crippen LogP contribution in [-0.4, -0.2) is 32.9 Å². The molecular formula is C9H13F3O6Si. The van der Waals surface area contributed by atoms with E-state index in [9.17, 15) is 27.6 Å². The normalized spacial score (nSPS) is 11.7. The monoisotopic (exact) mass is 302 g/mol. The van der Waals surface area contributed by atoms with Crippen molar-refractivity contribution in [3.05, 3.63) is 0 Å². The Morgan fingerprint density at radius 3 is 1.42 bits per heavy atom. The fourth-order valence-electron chi connectivity index (χ4n) is 1.17. The number of halogens is 3. The fourth-order valence-corrected chi connectivity index (χ4v) is 3.50. The third kappa shape index (κ3) is 8.19. The van der Waals surface area contributed by atoms with E-state index in [1.54, 1.807) is 0 Å². The SMILES string of the molecule is CC(=O)O[Si](CCC(F)(F)F)(OC(C)=O)OC(C)=O. The first-order chi connectivity index (χ1) is 8.46. The number of carbonyl (C=O) groups is 3. The molecule has 0 unspecified atom stereocenters. The quantitative estimate of drug-likeness (QED) is 0.717. The predicted octanol–water partition coefficient (Wildman–Crippen LogP) is 1.57. The maximum atomic E-state index is 12.2. The Kier molecular flexibility index (Phi) is 6.00. The van der Waals surface area contributed by atoms with Crippen LogP contribution in [0.15, 0.2) is 0 Å². The third-order valence-electron chi connectivity index (χ3n) is 1.61. The second kappa shape index (κ2) is 6.54. The molecule has 0 saturated carbocycles. The van der Waals surface area contributed by atoms with E-state index in [-0.39, 0.29) is 0 Å². The molecule has 0 aromatic rings. The van der Waals surface area contributed by atoms with E-state index in [1.165, 1.54) is 0 Å². The zero-order valence-corrected chi connectivity index (χ0v) is 11.5. The molecule has 0 aromatic heterocycles. The van der Waals surface area contributed by atoms with Gasteiger partial charge in [-0.1, -0.05) is 0 Å². The van der Waals surface area contributed by atoms with Crippen LogP contribution in [0, 0.1) is 0 Å². The van der Waals surface area contributed by atoms with Gasteiger partial charge in [0.1, 0.15) is 0 Å². The lowest BCUT2D eigenvalue weighted by molar-refractivity contribution is -0.152. The summed E-state index contributed by atoms with van der Waals surface area (Å²) in [6.45, 7) is 2.72. The van der Waals surface area contributed by atoms with Crippen molar-refractivity contribution in [2.24, 2.45) is 0 Å². The summed E-state index contributed by atoms with van der Waals surface area (Å²) >= 11 is 0. The molecule has 0 saturated heterocycles. The highest BCUT2D eigenvalue weighted by atomic mass is 28.4. The molecular weight excluding hydrogens is 289 g/mol. The van der Waals surface area contributed by atoms with Gasteiger partial charge >= 0.3 is 15.0 Å². The Labute approximate surface area is 108 Å². The third-order valence-corrected chi connectivity index (χ3v) is 4.27. The summed E-state index contributed by atoms with van der Waals surface area (Å²) in [5.74, 6) is -3.01. The molecule has 19 heavy (non-hydrogen) atoms. The van der Waals surface area contributed by atoms with Crippen LogP contribution in [0.2, 0.25) is 6.04 Å². The average molecular weight is 302 g/mol. The standard InChI is InChI=1S/C9H13F3O6Si/c1-6(13)16-19(17-7(2)14,18-8(3)15)5-4-9(10,11)12/h4-5H2,1-3H3. The first-order valence-corrected chi connectivity index (χ1v) is 7.04. The molecule has 0 aliphatic rings. The molecule has 0 spiro atoms. The molecule has 0 aliphatic heterocycles. The van der Waals surface area contributed by atoms with Crippen molar-refractivity contribution in [3.63, 3.8) is 0 Å². The van der Waals surface area contributed by atoms with Gasteiger partial charge in [0.2, 0.25) is 0 Å². The molecule has 0 amide bonds. The van der Waals surface area contributed by atoms with E-state index < -0.39 is 45.4 Å². The van der Waals surface area contributed by atoms with Gasteiger partial charge in [0.05, 0.1) is 12.5 Å². The molecule has 6 nitrogen and oxygen atoms in total. The molecule has 0 atom stereocenters. The van der Waals surface area contributed by atoms with Gasteiger partial charge in [0.25, 0.3) is 17.9 Å². The van der Waals surface area contributed by atoms with Crippen LogP contribution in [0.1, 0.15) is 27.2 Å². The van der Waals surface area contributed by atoms with Crippen molar-refractivity contribution >= 4 is 26.7 Å². The van der Waals surface area contributed by atoms with Crippen LogP contribution in [0.3, 0.4) is 0 Å². The predicted molar refractivity (Wildman–Crippen MR) is 56.5 cm³/mol. The highest BCUT2D eigenvalue weighted by Gasteiger charge is 2.53. The summed E-state index contributed by atoms with van der Waals surface area (Å²) in [5.41, 5.74) is 0. The van der Waals surface area contributed by atoms with Crippen LogP contribution in [0.25, 0.3) is 0 Å². The zero-order chi connectivity index (χ0) is 15.3. The highest BCUT2D eigenvalue weighted by Crippen LogP contribution is 2.28. The van der Waals surface area contributed by atoms with Crippen molar-refractivity contribution in [2.45, 2.75) is 39.4 Å².